The van der Waals surface area contributed by atoms with Crippen molar-refractivity contribution in [2.24, 2.45) is 0 Å². The Morgan fingerprint density at radius 2 is 1.62 bits per heavy atom. The molecule has 0 bridgehead atoms. The number of benzene rings is 3. The van der Waals surface area contributed by atoms with E-state index in [9.17, 15) is 0 Å². The average Bonchev–Trinajstić information content (AvgIpc) is 3.87. The molecule has 0 N–H and O–H groups in total. The summed E-state index contributed by atoms with van der Waals surface area (Å²) >= 11 is 1.68. The van der Waals surface area contributed by atoms with Crippen LogP contribution in [0.1, 0.15) is 17.4 Å². The quantitative estimate of drug-likeness (QED) is 0.195. The molecule has 0 saturated carbocycles. The summed E-state index contributed by atoms with van der Waals surface area (Å²) in [4.78, 5) is 15.3. The fraction of sp³-hybridized carbons (Fsp3) is 0.0263. The first-order valence-corrected chi connectivity index (χ1v) is 15.5. The van der Waals surface area contributed by atoms with E-state index in [-0.39, 0.29) is 0 Å². The summed E-state index contributed by atoms with van der Waals surface area (Å²) in [6.07, 6.45) is 10.6. The van der Waals surface area contributed by atoms with E-state index >= 15 is 0 Å². The van der Waals surface area contributed by atoms with Crippen molar-refractivity contribution in [3.63, 3.8) is 0 Å². The zero-order chi connectivity index (χ0) is 29.7. The number of furan rings is 2. The summed E-state index contributed by atoms with van der Waals surface area (Å²) in [6.45, 7) is 0. The minimum atomic E-state index is -0.500. The number of fused-ring (bicyclic) bond motifs is 3. The normalized spacial score (nSPS) is 14.1. The summed E-state index contributed by atoms with van der Waals surface area (Å²) in [7, 11) is 0. The van der Waals surface area contributed by atoms with Crippen LogP contribution in [0.2, 0.25) is 0 Å². The largest absolute Gasteiger partial charge is 0.478 e. The lowest BCUT2D eigenvalue weighted by molar-refractivity contribution is 0.222. The fourth-order valence-electron chi connectivity index (χ4n) is 6.13. The Bertz CT molecular complexity index is 2320. The molecule has 0 saturated heterocycles. The number of para-hydroxylation sites is 2. The second-order valence-corrected chi connectivity index (χ2v) is 11.7. The van der Waals surface area contributed by atoms with Crippen LogP contribution in [0.25, 0.3) is 72.3 Å². The zero-order valence-electron chi connectivity index (χ0n) is 23.8. The lowest BCUT2D eigenvalue weighted by Crippen LogP contribution is -2.09. The number of thiophene rings is 1. The predicted molar refractivity (Wildman–Crippen MR) is 178 cm³/mol. The van der Waals surface area contributed by atoms with Crippen LogP contribution in [0.15, 0.2) is 136 Å². The predicted octanol–water partition coefficient (Wildman–Crippen LogP) is 10.2. The average molecular weight is 602 g/mol. The molecule has 1 atom stereocenters. The van der Waals surface area contributed by atoms with Gasteiger partial charge in [0.2, 0.25) is 0 Å². The Morgan fingerprint density at radius 3 is 2.47 bits per heavy atom. The van der Waals surface area contributed by atoms with Gasteiger partial charge in [0.15, 0.2) is 23.4 Å². The van der Waals surface area contributed by atoms with Crippen molar-refractivity contribution in [3.8, 4) is 50.2 Å². The third-order valence-electron chi connectivity index (χ3n) is 8.09. The lowest BCUT2D eigenvalue weighted by atomic mass is 9.88. The van der Waals surface area contributed by atoms with E-state index in [0.29, 0.717) is 23.0 Å². The number of pyridine rings is 1. The molecule has 9 rings (SSSR count). The van der Waals surface area contributed by atoms with E-state index in [1.54, 1.807) is 29.9 Å². The van der Waals surface area contributed by atoms with Gasteiger partial charge in [-0.15, -0.1) is 11.3 Å². The van der Waals surface area contributed by atoms with Gasteiger partial charge in [-0.1, -0.05) is 54.6 Å². The summed E-state index contributed by atoms with van der Waals surface area (Å²) in [5.74, 6) is 2.71. The highest BCUT2D eigenvalue weighted by Gasteiger charge is 2.32. The van der Waals surface area contributed by atoms with Crippen LogP contribution in [-0.2, 0) is 0 Å². The van der Waals surface area contributed by atoms with E-state index in [0.717, 1.165) is 60.3 Å². The van der Waals surface area contributed by atoms with Gasteiger partial charge in [-0.2, -0.15) is 0 Å². The van der Waals surface area contributed by atoms with Gasteiger partial charge < -0.3 is 13.6 Å². The SMILES string of the molecule is C1=CC(c2oc(-c3cc4ccccc4o3)c3cc(-c4cccs4)c(-c4ccccn4)c(-c4cnccn4)c23)Oc2ccccc21. The van der Waals surface area contributed by atoms with Crippen molar-refractivity contribution in [3.05, 3.63) is 139 Å². The molecule has 5 aromatic heterocycles. The van der Waals surface area contributed by atoms with E-state index in [4.69, 9.17) is 23.5 Å². The van der Waals surface area contributed by atoms with Crippen LogP contribution < -0.4 is 4.74 Å². The Hall–Kier alpha value is -5.79. The molecule has 7 heteroatoms. The maximum atomic E-state index is 6.93. The van der Waals surface area contributed by atoms with Crippen molar-refractivity contribution in [2.45, 2.75) is 6.10 Å². The third kappa shape index (κ3) is 4.28. The minimum Gasteiger partial charge on any atom is -0.478 e. The second-order valence-electron chi connectivity index (χ2n) is 10.8. The molecule has 8 aromatic rings. The fourth-order valence-corrected chi connectivity index (χ4v) is 6.88. The highest BCUT2D eigenvalue weighted by molar-refractivity contribution is 7.13. The van der Waals surface area contributed by atoms with Gasteiger partial charge in [0.05, 0.1) is 17.6 Å². The van der Waals surface area contributed by atoms with Crippen LogP contribution in [0, 0.1) is 0 Å². The van der Waals surface area contributed by atoms with Gasteiger partial charge >= 0.3 is 0 Å². The molecule has 1 aliphatic heterocycles. The lowest BCUT2D eigenvalue weighted by Gasteiger charge is -2.21. The molecule has 3 aromatic carbocycles. The molecule has 6 heterocycles. The molecular weight excluding hydrogens is 579 g/mol. The number of ether oxygens (including phenoxy) is 1. The molecule has 0 radical (unpaired) electrons. The maximum absolute atomic E-state index is 6.93. The second kappa shape index (κ2) is 10.4. The topological polar surface area (TPSA) is 74.2 Å². The van der Waals surface area contributed by atoms with E-state index in [2.05, 4.69) is 34.6 Å². The first-order valence-electron chi connectivity index (χ1n) is 14.6. The minimum absolute atomic E-state index is 0.500. The van der Waals surface area contributed by atoms with Gasteiger partial charge in [0, 0.05) is 61.9 Å². The van der Waals surface area contributed by atoms with Crippen molar-refractivity contribution in [2.75, 3.05) is 0 Å². The maximum Gasteiger partial charge on any atom is 0.177 e. The molecule has 1 aliphatic rings. The molecule has 45 heavy (non-hydrogen) atoms. The van der Waals surface area contributed by atoms with Crippen LogP contribution >= 0.6 is 11.3 Å². The van der Waals surface area contributed by atoms with Gasteiger partial charge in [0.25, 0.3) is 0 Å². The summed E-state index contributed by atoms with van der Waals surface area (Å²) in [5, 5.41) is 4.85. The molecular formula is C38H23N3O3S. The molecule has 0 spiro atoms. The summed E-state index contributed by atoms with van der Waals surface area (Å²) in [6, 6.07) is 30.4. The first kappa shape index (κ1) is 25.7. The van der Waals surface area contributed by atoms with Gasteiger partial charge in [-0.25, -0.2) is 0 Å². The first-order chi connectivity index (χ1) is 22.3. The molecule has 0 amide bonds. The Balaban J connectivity index is 1.43. The van der Waals surface area contributed by atoms with Gasteiger partial charge in [-0.05, 0) is 53.9 Å². The number of hydrogen-bond acceptors (Lipinski definition) is 7. The van der Waals surface area contributed by atoms with Crippen molar-refractivity contribution >= 4 is 39.2 Å². The Morgan fingerprint density at radius 1 is 0.733 bits per heavy atom. The van der Waals surface area contributed by atoms with Gasteiger partial charge in [0.1, 0.15) is 11.3 Å². The van der Waals surface area contributed by atoms with Crippen LogP contribution in [0.4, 0.5) is 0 Å². The third-order valence-corrected chi connectivity index (χ3v) is 8.99. The summed E-state index contributed by atoms with van der Waals surface area (Å²) in [5.41, 5.74) is 6.19. The van der Waals surface area contributed by atoms with E-state index in [1.807, 2.05) is 85.1 Å². The van der Waals surface area contributed by atoms with Crippen LogP contribution in [0.3, 0.4) is 0 Å². The highest BCUT2D eigenvalue weighted by atomic mass is 32.1. The van der Waals surface area contributed by atoms with E-state index in [1.165, 1.54) is 0 Å². The Kier molecular flexibility index (Phi) is 5.96. The number of nitrogens with zero attached hydrogens (tertiary/aromatic N) is 3. The number of rotatable bonds is 5. The molecule has 0 aliphatic carbocycles. The van der Waals surface area contributed by atoms with Crippen LogP contribution in [-0.4, -0.2) is 15.0 Å². The monoisotopic (exact) mass is 601 g/mol. The van der Waals surface area contributed by atoms with E-state index < -0.39 is 6.10 Å². The Labute approximate surface area is 261 Å². The van der Waals surface area contributed by atoms with Gasteiger partial charge in [-0.3, -0.25) is 15.0 Å². The van der Waals surface area contributed by atoms with Crippen molar-refractivity contribution in [1.82, 2.24) is 15.0 Å². The molecule has 0 fully saturated rings. The highest BCUT2D eigenvalue weighted by Crippen LogP contribution is 2.51. The zero-order valence-corrected chi connectivity index (χ0v) is 24.6. The van der Waals surface area contributed by atoms with Crippen molar-refractivity contribution in [1.29, 1.82) is 0 Å². The van der Waals surface area contributed by atoms with Crippen molar-refractivity contribution < 1.29 is 13.6 Å². The van der Waals surface area contributed by atoms with Crippen LogP contribution in [0.5, 0.6) is 5.75 Å². The number of hydrogen-bond donors (Lipinski definition) is 0. The molecule has 214 valence electrons. The molecule has 6 nitrogen and oxygen atoms in total. The number of aromatic nitrogens is 3. The standard InChI is InChI=1S/C38H23N3O3S/c1-3-11-29-23(8-1)14-15-31(42-29)38-35-26(37(44-38)32-20-24-9-2-4-12-30(24)43-32)21-25(33-13-7-19-45-33)34(27-10-5-6-16-40-27)36(35)28-22-39-17-18-41-28/h1-22,31H. The molecule has 1 unspecified atom stereocenters. The smallest absolute Gasteiger partial charge is 0.177 e. The summed E-state index contributed by atoms with van der Waals surface area (Å²) < 4.78 is 20.0.